The average molecular weight is 691 g/mol. The van der Waals surface area contributed by atoms with E-state index in [0.717, 1.165) is 66.3 Å². The van der Waals surface area contributed by atoms with Gasteiger partial charge in [0, 0.05) is 53.8 Å². The third-order valence-corrected chi connectivity index (χ3v) is 9.06. The van der Waals surface area contributed by atoms with Gasteiger partial charge in [-0.3, -0.25) is 14.5 Å². The molecule has 254 valence electrons. The van der Waals surface area contributed by atoms with Crippen LogP contribution in [0.4, 0.5) is 11.5 Å². The van der Waals surface area contributed by atoms with Crippen molar-refractivity contribution in [3.63, 3.8) is 0 Å². The molecule has 2 aromatic carbocycles. The number of carbonyl (C=O) groups is 2. The molecule has 2 N–H and O–H groups in total. The quantitative estimate of drug-likeness (QED) is 0.160. The maximum atomic E-state index is 10.5. The van der Waals surface area contributed by atoms with Gasteiger partial charge in [-0.05, 0) is 64.2 Å². The van der Waals surface area contributed by atoms with Crippen LogP contribution in [0.25, 0.3) is 5.65 Å². The van der Waals surface area contributed by atoms with Crippen molar-refractivity contribution in [3.8, 4) is 6.07 Å². The molecule has 6 rings (SSSR count). The second kappa shape index (κ2) is 18.4. The summed E-state index contributed by atoms with van der Waals surface area (Å²) in [6.45, 7) is 5.55. The summed E-state index contributed by atoms with van der Waals surface area (Å²) in [6, 6.07) is 19.8. The van der Waals surface area contributed by atoms with Crippen LogP contribution in [0.5, 0.6) is 0 Å². The molecule has 2 aromatic heterocycles. The fraction of sp³-hybridized carbons (Fsp3) is 0.400. The fourth-order valence-electron chi connectivity index (χ4n) is 5.89. The number of hydrogen-bond acceptors (Lipinski definition) is 11. The molecule has 3 unspecified atom stereocenters. The van der Waals surface area contributed by atoms with Crippen molar-refractivity contribution in [2.24, 2.45) is 5.92 Å². The van der Waals surface area contributed by atoms with Gasteiger partial charge < -0.3 is 19.7 Å². The fourth-order valence-corrected chi connectivity index (χ4v) is 6.48. The highest BCUT2D eigenvalue weighted by Crippen LogP contribution is 2.31. The number of likely N-dealkylation sites (tertiary alicyclic amines) is 1. The molecule has 2 fully saturated rings. The van der Waals surface area contributed by atoms with Gasteiger partial charge in [-0.25, -0.2) is 9.50 Å². The number of nitrogens with zero attached hydrogens (tertiary/aromatic N) is 6. The Labute approximate surface area is 291 Å². The van der Waals surface area contributed by atoms with Crippen molar-refractivity contribution >= 4 is 53.5 Å². The Kier molecular flexibility index (Phi) is 14.1. The predicted molar refractivity (Wildman–Crippen MR) is 192 cm³/mol. The van der Waals surface area contributed by atoms with Crippen molar-refractivity contribution in [1.82, 2.24) is 24.8 Å². The lowest BCUT2D eigenvalue weighted by Gasteiger charge is -2.30. The lowest BCUT2D eigenvalue weighted by atomic mass is 10.0. The SMILES string of the molecule is CNC1CN(c2nc3cc(C4CCCCN4C)nn3cc2C)CC1C#N.CSNc1ccc(Cl)cc1C=O.O=COCc1ccccc1. The first kappa shape index (κ1) is 36.7. The van der Waals surface area contributed by atoms with Crippen molar-refractivity contribution in [1.29, 1.82) is 5.26 Å². The molecule has 0 amide bonds. The summed E-state index contributed by atoms with van der Waals surface area (Å²) in [4.78, 5) is 29.8. The van der Waals surface area contributed by atoms with Gasteiger partial charge in [-0.1, -0.05) is 60.3 Å². The van der Waals surface area contributed by atoms with Crippen LogP contribution < -0.4 is 14.9 Å². The Bertz CT molecular complexity index is 1680. The standard InChI is InChI=1S/C19H27N7.C8H8ClNOS.C8H8O2/c1-13-10-26-18(8-15(23-26)17-6-4-5-7-24(17)3)22-19(13)25-11-14(9-20)16(12-25)21-2;1-12-10-8-3-2-7(9)4-6(8)5-11;9-7-10-6-8-4-2-1-3-5-8/h8,10,14,16-17,21H,4-7,11-12H2,1-3H3;2-5,10H,1H3;1-5,7H,6H2. The number of nitrogens with one attached hydrogen (secondary N) is 2. The van der Waals surface area contributed by atoms with E-state index < -0.39 is 0 Å². The molecule has 2 aliphatic rings. The third kappa shape index (κ3) is 9.70. The van der Waals surface area contributed by atoms with Crippen LogP contribution in [0.2, 0.25) is 5.02 Å². The van der Waals surface area contributed by atoms with Crippen LogP contribution in [0.1, 0.15) is 52.5 Å². The van der Waals surface area contributed by atoms with Crippen molar-refractivity contribution in [2.75, 3.05) is 49.6 Å². The van der Waals surface area contributed by atoms with Gasteiger partial charge in [0.05, 0.1) is 29.4 Å². The van der Waals surface area contributed by atoms with Crippen LogP contribution in [0, 0.1) is 24.2 Å². The number of piperidine rings is 1. The summed E-state index contributed by atoms with van der Waals surface area (Å²) < 4.78 is 9.43. The van der Waals surface area contributed by atoms with Crippen molar-refractivity contribution in [3.05, 3.63) is 88.2 Å². The van der Waals surface area contributed by atoms with Crippen LogP contribution in [0.3, 0.4) is 0 Å². The van der Waals surface area contributed by atoms with E-state index in [4.69, 9.17) is 21.7 Å². The topological polar surface area (TPSA) is 128 Å². The monoisotopic (exact) mass is 690 g/mol. The normalized spacial score (nSPS) is 18.9. The van der Waals surface area contributed by atoms with E-state index in [1.54, 1.807) is 18.2 Å². The molecule has 0 saturated carbocycles. The zero-order valence-electron chi connectivity index (χ0n) is 27.8. The Balaban J connectivity index is 0.000000195. The summed E-state index contributed by atoms with van der Waals surface area (Å²) in [5, 5.41) is 18.0. The maximum absolute atomic E-state index is 10.5. The number of hydrogen-bond donors (Lipinski definition) is 2. The first-order valence-corrected chi connectivity index (χ1v) is 17.4. The highest BCUT2D eigenvalue weighted by molar-refractivity contribution is 7.99. The second-order valence-electron chi connectivity index (χ2n) is 11.7. The van der Waals surface area contributed by atoms with Gasteiger partial charge in [0.15, 0.2) is 11.9 Å². The molecule has 0 bridgehead atoms. The molecule has 4 aromatic rings. The molecule has 48 heavy (non-hydrogen) atoms. The zero-order valence-corrected chi connectivity index (χ0v) is 29.4. The van der Waals surface area contributed by atoms with Crippen LogP contribution in [-0.4, -0.2) is 78.3 Å². The van der Waals surface area contributed by atoms with Gasteiger partial charge in [-0.15, -0.1) is 0 Å². The van der Waals surface area contributed by atoms with Gasteiger partial charge >= 0.3 is 0 Å². The minimum atomic E-state index is -0.00575. The zero-order chi connectivity index (χ0) is 34.5. The van der Waals surface area contributed by atoms with E-state index in [2.05, 4.69) is 56.9 Å². The van der Waals surface area contributed by atoms with E-state index in [1.165, 1.54) is 24.8 Å². The van der Waals surface area contributed by atoms with Gasteiger partial charge in [-0.2, -0.15) is 10.4 Å². The van der Waals surface area contributed by atoms with Crippen molar-refractivity contribution < 1.29 is 14.3 Å². The Morgan fingerprint density at radius 1 is 1.15 bits per heavy atom. The number of benzene rings is 2. The Morgan fingerprint density at radius 3 is 2.58 bits per heavy atom. The molecule has 4 heterocycles. The summed E-state index contributed by atoms with van der Waals surface area (Å²) in [6.07, 6.45) is 8.43. The van der Waals surface area contributed by atoms with Gasteiger partial charge in [0.2, 0.25) is 0 Å². The molecule has 0 aliphatic carbocycles. The summed E-state index contributed by atoms with van der Waals surface area (Å²) in [5.41, 5.74) is 5.48. The van der Waals surface area contributed by atoms with Gasteiger partial charge in [0.1, 0.15) is 12.4 Å². The minimum absolute atomic E-state index is 0.00575. The minimum Gasteiger partial charge on any atom is -0.463 e. The van der Waals surface area contributed by atoms with Gasteiger partial charge in [0.25, 0.3) is 6.47 Å². The first-order chi connectivity index (χ1) is 23.3. The number of aromatic nitrogens is 3. The number of aryl methyl sites for hydroxylation is 1. The average Bonchev–Trinajstić information content (AvgIpc) is 3.72. The van der Waals surface area contributed by atoms with E-state index in [1.807, 2.05) is 48.2 Å². The number of rotatable bonds is 9. The number of carbonyl (C=O) groups excluding carboxylic acids is 2. The van der Waals surface area contributed by atoms with Crippen LogP contribution in [-0.2, 0) is 16.1 Å². The molecule has 0 spiro atoms. The number of ether oxygens (including phenoxy) is 1. The predicted octanol–water partition coefficient (Wildman–Crippen LogP) is 5.94. The summed E-state index contributed by atoms with van der Waals surface area (Å²) >= 11 is 7.14. The number of fused-ring (bicyclic) bond motifs is 1. The Hall–Kier alpha value is -4.15. The summed E-state index contributed by atoms with van der Waals surface area (Å²) in [5.74, 6) is 0.965. The molecule has 2 aliphatic heterocycles. The van der Waals surface area contributed by atoms with Crippen LogP contribution >= 0.6 is 23.5 Å². The highest BCUT2D eigenvalue weighted by Gasteiger charge is 2.33. The smallest absolute Gasteiger partial charge is 0.293 e. The third-order valence-electron chi connectivity index (χ3n) is 8.41. The number of anilines is 2. The van der Waals surface area contributed by atoms with E-state index in [-0.39, 0.29) is 12.0 Å². The lowest BCUT2D eigenvalue weighted by Crippen LogP contribution is -2.33. The van der Waals surface area contributed by atoms with E-state index >= 15 is 0 Å². The van der Waals surface area contributed by atoms with Crippen molar-refractivity contribution in [2.45, 2.75) is 44.9 Å². The van der Waals surface area contributed by atoms with E-state index in [9.17, 15) is 14.9 Å². The molecular formula is C35H43ClN8O3S. The maximum Gasteiger partial charge on any atom is 0.293 e. The molecule has 0 radical (unpaired) electrons. The number of nitriles is 1. The van der Waals surface area contributed by atoms with E-state index in [0.29, 0.717) is 29.7 Å². The molecule has 3 atom stereocenters. The number of aldehydes is 1. The number of likely N-dealkylation sites (N-methyl/N-ethyl adjacent to an activating group) is 1. The largest absolute Gasteiger partial charge is 0.463 e. The molecule has 13 heteroatoms. The first-order valence-electron chi connectivity index (χ1n) is 15.8. The Morgan fingerprint density at radius 2 is 1.94 bits per heavy atom. The van der Waals surface area contributed by atoms with Crippen LogP contribution in [0.15, 0.2) is 60.8 Å². The second-order valence-corrected chi connectivity index (χ2v) is 12.7. The molecule has 11 nitrogen and oxygen atoms in total. The molecular weight excluding hydrogens is 648 g/mol. The molecule has 2 saturated heterocycles. The lowest BCUT2D eigenvalue weighted by molar-refractivity contribution is -0.129. The highest BCUT2D eigenvalue weighted by atomic mass is 35.5. The number of halogens is 1. The summed E-state index contributed by atoms with van der Waals surface area (Å²) in [7, 11) is 4.11.